The van der Waals surface area contributed by atoms with E-state index in [1.807, 2.05) is 44.2 Å². The Morgan fingerprint density at radius 2 is 1.64 bits per heavy atom. The van der Waals surface area contributed by atoms with E-state index in [1.54, 1.807) is 36.4 Å². The van der Waals surface area contributed by atoms with Crippen molar-refractivity contribution in [3.8, 4) is 5.75 Å². The molecule has 1 atom stereocenters. The quantitative estimate of drug-likeness (QED) is 0.371. The van der Waals surface area contributed by atoms with Gasteiger partial charge in [0, 0.05) is 10.7 Å². The summed E-state index contributed by atoms with van der Waals surface area (Å²) in [7, 11) is 0. The van der Waals surface area contributed by atoms with Crippen molar-refractivity contribution < 1.29 is 14.3 Å². The summed E-state index contributed by atoms with van der Waals surface area (Å²) in [5, 5.41) is 6.32. The number of nitrogens with one attached hydrogen (secondary N) is 2. The van der Waals surface area contributed by atoms with Gasteiger partial charge in [0.15, 0.2) is 0 Å². The second kappa shape index (κ2) is 11.7. The van der Waals surface area contributed by atoms with Crippen molar-refractivity contribution in [1.29, 1.82) is 0 Å². The Hall–Kier alpha value is -3.02. The third-order valence-electron chi connectivity index (χ3n) is 4.87. The van der Waals surface area contributed by atoms with Gasteiger partial charge in [-0.25, -0.2) is 0 Å². The molecule has 0 saturated heterocycles. The van der Waals surface area contributed by atoms with Gasteiger partial charge in [-0.2, -0.15) is 0 Å². The minimum atomic E-state index is -0.724. The predicted octanol–water partition coefficient (Wildman–Crippen LogP) is 6.36. The Kier molecular flexibility index (Phi) is 8.75. The molecule has 0 aliphatic rings. The second-order valence-electron chi connectivity index (χ2n) is 8.07. The lowest BCUT2D eigenvalue weighted by molar-refractivity contribution is -0.118. The van der Waals surface area contributed by atoms with Crippen molar-refractivity contribution in [2.45, 2.75) is 32.9 Å². The molecular formula is C26H26Cl2N2O3. The van der Waals surface area contributed by atoms with E-state index in [0.29, 0.717) is 29.5 Å². The topological polar surface area (TPSA) is 67.4 Å². The molecule has 5 nitrogen and oxygen atoms in total. The third kappa shape index (κ3) is 7.52. The van der Waals surface area contributed by atoms with Crippen LogP contribution in [-0.2, 0) is 11.4 Å². The van der Waals surface area contributed by atoms with Gasteiger partial charge in [0.2, 0.25) is 5.91 Å². The summed E-state index contributed by atoms with van der Waals surface area (Å²) in [5.41, 5.74) is 1.95. The molecule has 7 heteroatoms. The molecule has 3 aromatic rings. The first kappa shape index (κ1) is 24.6. The summed E-state index contributed by atoms with van der Waals surface area (Å²) >= 11 is 12.1. The van der Waals surface area contributed by atoms with Crippen LogP contribution in [0, 0.1) is 5.92 Å². The molecule has 0 saturated carbocycles. The van der Waals surface area contributed by atoms with Gasteiger partial charge in [-0.15, -0.1) is 0 Å². The Morgan fingerprint density at radius 1 is 0.939 bits per heavy atom. The molecule has 0 aliphatic heterocycles. The van der Waals surface area contributed by atoms with Crippen LogP contribution in [-0.4, -0.2) is 17.9 Å². The van der Waals surface area contributed by atoms with E-state index < -0.39 is 11.9 Å². The van der Waals surface area contributed by atoms with E-state index in [9.17, 15) is 9.59 Å². The van der Waals surface area contributed by atoms with E-state index in [0.717, 1.165) is 5.56 Å². The molecule has 0 fully saturated rings. The molecule has 0 radical (unpaired) electrons. The first-order valence-corrected chi connectivity index (χ1v) is 11.4. The first-order chi connectivity index (χ1) is 15.8. The maximum atomic E-state index is 12.9. The molecular weight excluding hydrogens is 459 g/mol. The van der Waals surface area contributed by atoms with Crippen molar-refractivity contribution in [2.75, 3.05) is 5.32 Å². The highest BCUT2D eigenvalue weighted by Crippen LogP contribution is 2.22. The van der Waals surface area contributed by atoms with Gasteiger partial charge in [0.1, 0.15) is 18.4 Å². The van der Waals surface area contributed by atoms with Crippen molar-refractivity contribution >= 4 is 40.7 Å². The average molecular weight is 485 g/mol. The van der Waals surface area contributed by atoms with Crippen LogP contribution in [0.25, 0.3) is 0 Å². The number of halogens is 2. The molecule has 33 heavy (non-hydrogen) atoms. The molecule has 0 unspecified atom stereocenters. The summed E-state index contributed by atoms with van der Waals surface area (Å²) in [6.45, 7) is 4.43. The molecule has 0 aliphatic carbocycles. The van der Waals surface area contributed by atoms with Crippen LogP contribution >= 0.6 is 23.2 Å². The van der Waals surface area contributed by atoms with Crippen LogP contribution < -0.4 is 15.4 Å². The molecule has 3 rings (SSSR count). The van der Waals surface area contributed by atoms with Crippen LogP contribution in [0.4, 0.5) is 5.69 Å². The normalized spacial score (nSPS) is 11.7. The molecule has 0 heterocycles. The van der Waals surface area contributed by atoms with Gasteiger partial charge in [0.05, 0.1) is 10.6 Å². The molecule has 0 spiro atoms. The van der Waals surface area contributed by atoms with Gasteiger partial charge in [-0.1, -0.05) is 67.4 Å². The van der Waals surface area contributed by atoms with Crippen molar-refractivity contribution in [3.05, 3.63) is 94.0 Å². The van der Waals surface area contributed by atoms with E-state index >= 15 is 0 Å². The summed E-state index contributed by atoms with van der Waals surface area (Å²) in [6.07, 6.45) is 0.473. The molecule has 172 valence electrons. The van der Waals surface area contributed by atoms with Gasteiger partial charge in [0.25, 0.3) is 5.91 Å². The minimum absolute atomic E-state index is 0.190. The van der Waals surface area contributed by atoms with Crippen LogP contribution in [0.15, 0.2) is 72.8 Å². The number of rotatable bonds is 9. The molecule has 0 bridgehead atoms. The predicted molar refractivity (Wildman–Crippen MR) is 133 cm³/mol. The van der Waals surface area contributed by atoms with Crippen LogP contribution in [0.5, 0.6) is 5.75 Å². The lowest BCUT2D eigenvalue weighted by Crippen LogP contribution is -2.44. The van der Waals surface area contributed by atoms with E-state index in [1.165, 1.54) is 6.07 Å². The Bertz CT molecular complexity index is 1090. The molecule has 3 aromatic carbocycles. The zero-order chi connectivity index (χ0) is 23.8. The number of carbonyl (C=O) groups excluding carboxylic acids is 2. The van der Waals surface area contributed by atoms with E-state index in [-0.39, 0.29) is 22.4 Å². The Morgan fingerprint density at radius 3 is 2.27 bits per heavy atom. The first-order valence-electron chi connectivity index (χ1n) is 10.7. The van der Waals surface area contributed by atoms with Gasteiger partial charge in [-0.3, -0.25) is 9.59 Å². The summed E-state index contributed by atoms with van der Waals surface area (Å²) in [5.74, 6) is 0.152. The minimum Gasteiger partial charge on any atom is -0.489 e. The Balaban J connectivity index is 1.62. The lowest BCUT2D eigenvalue weighted by atomic mass is 10.0. The van der Waals surface area contributed by atoms with Crippen LogP contribution in [0.3, 0.4) is 0 Å². The molecule has 2 amide bonds. The monoisotopic (exact) mass is 484 g/mol. The maximum Gasteiger partial charge on any atom is 0.253 e. The van der Waals surface area contributed by atoms with Crippen LogP contribution in [0.2, 0.25) is 10.0 Å². The molecule has 2 N–H and O–H groups in total. The third-order valence-corrected chi connectivity index (χ3v) is 5.42. The number of hydrogen-bond donors (Lipinski definition) is 2. The number of ether oxygens (including phenoxy) is 1. The smallest absolute Gasteiger partial charge is 0.253 e. The number of hydrogen-bond acceptors (Lipinski definition) is 3. The second-order valence-corrected chi connectivity index (χ2v) is 8.91. The highest BCUT2D eigenvalue weighted by atomic mass is 35.5. The number of carbonyl (C=O) groups is 2. The van der Waals surface area contributed by atoms with Crippen molar-refractivity contribution in [1.82, 2.24) is 5.32 Å². The zero-order valence-electron chi connectivity index (χ0n) is 18.5. The lowest BCUT2D eigenvalue weighted by Gasteiger charge is -2.20. The highest BCUT2D eigenvalue weighted by Gasteiger charge is 2.23. The van der Waals surface area contributed by atoms with E-state index in [4.69, 9.17) is 27.9 Å². The summed E-state index contributed by atoms with van der Waals surface area (Å²) in [6, 6.07) is 20.9. The van der Waals surface area contributed by atoms with Gasteiger partial charge in [-0.05, 0) is 60.4 Å². The highest BCUT2D eigenvalue weighted by molar-refractivity contribution is 6.36. The van der Waals surface area contributed by atoms with Crippen LogP contribution in [0.1, 0.15) is 36.2 Å². The largest absolute Gasteiger partial charge is 0.489 e. The number of benzene rings is 3. The van der Waals surface area contributed by atoms with Gasteiger partial charge >= 0.3 is 0 Å². The fourth-order valence-electron chi connectivity index (χ4n) is 3.22. The SMILES string of the molecule is CC(C)C[C@@H](NC(=O)c1ccc(Cl)cc1Cl)C(=O)Nc1ccc(OCc2ccccc2)cc1. The summed E-state index contributed by atoms with van der Waals surface area (Å²) < 4.78 is 5.78. The zero-order valence-corrected chi connectivity index (χ0v) is 20.0. The van der Waals surface area contributed by atoms with Crippen molar-refractivity contribution in [2.24, 2.45) is 5.92 Å². The maximum absolute atomic E-state index is 12.9. The van der Waals surface area contributed by atoms with Crippen molar-refractivity contribution in [3.63, 3.8) is 0 Å². The van der Waals surface area contributed by atoms with E-state index in [2.05, 4.69) is 10.6 Å². The fraction of sp³-hybridized carbons (Fsp3) is 0.231. The standard InChI is InChI=1S/C26H26Cl2N2O3/c1-17(2)14-24(30-25(31)22-13-8-19(27)15-23(22)28)26(32)29-20-9-11-21(12-10-20)33-16-18-6-4-3-5-7-18/h3-13,15,17,24H,14,16H2,1-2H3,(H,29,32)(H,30,31)/t24-/m1/s1. The fourth-order valence-corrected chi connectivity index (χ4v) is 3.71. The summed E-state index contributed by atoms with van der Waals surface area (Å²) in [4.78, 5) is 25.7. The number of amides is 2. The Labute approximate surface area is 204 Å². The average Bonchev–Trinajstić information content (AvgIpc) is 2.78. The number of anilines is 1. The van der Waals surface area contributed by atoms with Gasteiger partial charge < -0.3 is 15.4 Å². The molecule has 0 aromatic heterocycles.